The summed E-state index contributed by atoms with van der Waals surface area (Å²) in [6, 6.07) is 0. The van der Waals surface area contributed by atoms with E-state index in [1.165, 1.54) is 11.0 Å². The number of aromatic nitrogens is 5. The van der Waals surface area contributed by atoms with Crippen molar-refractivity contribution in [1.29, 1.82) is 0 Å². The second-order valence-corrected chi connectivity index (χ2v) is 5.52. The molecule has 0 spiro atoms. The van der Waals surface area contributed by atoms with Gasteiger partial charge in [0.2, 0.25) is 5.91 Å². The lowest BCUT2D eigenvalue weighted by atomic mass is 9.85. The van der Waals surface area contributed by atoms with E-state index in [1.54, 1.807) is 7.05 Å². The lowest BCUT2D eigenvalue weighted by Gasteiger charge is -2.21. The Labute approximate surface area is 129 Å². The van der Waals surface area contributed by atoms with Crippen LogP contribution in [0.25, 0.3) is 0 Å². The molecule has 0 radical (unpaired) electrons. The molecule has 124 valence electrons. The topological polar surface area (TPSA) is 88.5 Å². The van der Waals surface area contributed by atoms with Crippen LogP contribution in [0, 0.1) is 5.92 Å². The summed E-state index contributed by atoms with van der Waals surface area (Å²) in [6.07, 6.45) is -2.12. The van der Waals surface area contributed by atoms with Gasteiger partial charge in [-0.2, -0.15) is 23.4 Å². The predicted octanol–water partition coefficient (Wildman–Crippen LogP) is 0.978. The van der Waals surface area contributed by atoms with Gasteiger partial charge in [0.05, 0.1) is 6.54 Å². The van der Waals surface area contributed by atoms with Gasteiger partial charge in [0.1, 0.15) is 6.33 Å². The van der Waals surface area contributed by atoms with Gasteiger partial charge in [0.15, 0.2) is 11.5 Å². The van der Waals surface area contributed by atoms with Crippen molar-refractivity contribution in [3.05, 3.63) is 29.1 Å². The average molecular weight is 328 g/mol. The number of nitrogens with zero attached hydrogens (tertiary/aromatic N) is 4. The molecular weight excluding hydrogens is 313 g/mol. The van der Waals surface area contributed by atoms with Gasteiger partial charge in [-0.15, -0.1) is 0 Å². The van der Waals surface area contributed by atoms with Crippen molar-refractivity contribution >= 4 is 5.91 Å². The van der Waals surface area contributed by atoms with Crippen LogP contribution in [0.3, 0.4) is 0 Å². The van der Waals surface area contributed by atoms with Gasteiger partial charge in [-0.05, 0) is 19.3 Å². The third kappa shape index (κ3) is 3.20. The first-order valence-corrected chi connectivity index (χ1v) is 7.10. The van der Waals surface area contributed by atoms with Crippen LogP contribution in [-0.4, -0.2) is 30.9 Å². The summed E-state index contributed by atoms with van der Waals surface area (Å²) in [7, 11) is 1.71. The van der Waals surface area contributed by atoms with E-state index in [2.05, 4.69) is 25.6 Å². The molecule has 3 rings (SSSR count). The highest BCUT2D eigenvalue weighted by atomic mass is 19.4. The molecule has 1 atom stereocenters. The molecule has 0 aromatic carbocycles. The Hall–Kier alpha value is -2.39. The second-order valence-electron chi connectivity index (χ2n) is 5.52. The van der Waals surface area contributed by atoms with E-state index in [1.807, 2.05) is 0 Å². The van der Waals surface area contributed by atoms with Crippen molar-refractivity contribution in [3.63, 3.8) is 0 Å². The first-order chi connectivity index (χ1) is 10.8. The number of aromatic amines is 1. The van der Waals surface area contributed by atoms with Gasteiger partial charge in [-0.1, -0.05) is 0 Å². The summed E-state index contributed by atoms with van der Waals surface area (Å²) in [6.45, 7) is 0.153. The number of fused-ring (bicyclic) bond motifs is 1. The van der Waals surface area contributed by atoms with E-state index in [-0.39, 0.29) is 24.4 Å². The van der Waals surface area contributed by atoms with Crippen molar-refractivity contribution in [2.75, 3.05) is 0 Å². The monoisotopic (exact) mass is 328 g/mol. The van der Waals surface area contributed by atoms with E-state index in [9.17, 15) is 18.0 Å². The number of H-pyrrole nitrogens is 1. The molecule has 2 heterocycles. The maximum absolute atomic E-state index is 12.9. The fourth-order valence-electron chi connectivity index (χ4n) is 2.73. The molecule has 2 aromatic rings. The number of nitrogens with one attached hydrogen (secondary N) is 2. The van der Waals surface area contributed by atoms with Crippen molar-refractivity contribution in [1.82, 2.24) is 30.3 Å². The fourth-order valence-corrected chi connectivity index (χ4v) is 2.73. The first-order valence-electron chi connectivity index (χ1n) is 7.10. The van der Waals surface area contributed by atoms with Gasteiger partial charge in [-0.25, -0.2) is 4.98 Å². The third-order valence-electron chi connectivity index (χ3n) is 3.85. The smallest absolute Gasteiger partial charge is 0.348 e. The van der Waals surface area contributed by atoms with E-state index in [0.717, 1.165) is 0 Å². The Balaban J connectivity index is 1.66. The zero-order chi connectivity index (χ0) is 16.6. The molecule has 0 saturated carbocycles. The molecule has 1 aliphatic rings. The number of rotatable bonds is 3. The highest BCUT2D eigenvalue weighted by Gasteiger charge is 2.40. The summed E-state index contributed by atoms with van der Waals surface area (Å²) in [5, 5.41) is 12.5. The molecule has 1 amide bonds. The highest BCUT2D eigenvalue weighted by molar-refractivity contribution is 5.79. The Kier molecular flexibility index (Phi) is 3.82. The molecule has 0 aliphatic heterocycles. The maximum Gasteiger partial charge on any atom is 0.435 e. The molecule has 1 aliphatic carbocycles. The number of carbonyl (C=O) groups excluding carboxylic acids is 1. The Morgan fingerprint density at radius 3 is 2.96 bits per heavy atom. The molecule has 7 nitrogen and oxygen atoms in total. The fraction of sp³-hybridized carbons (Fsp3) is 0.538. The van der Waals surface area contributed by atoms with Gasteiger partial charge < -0.3 is 5.32 Å². The molecule has 2 N–H and O–H groups in total. The van der Waals surface area contributed by atoms with Crippen LogP contribution in [0.5, 0.6) is 0 Å². The number of hydrogen-bond donors (Lipinski definition) is 2. The largest absolute Gasteiger partial charge is 0.435 e. The zero-order valence-corrected chi connectivity index (χ0v) is 12.3. The van der Waals surface area contributed by atoms with Crippen LogP contribution in [-0.2, 0) is 37.4 Å². The van der Waals surface area contributed by atoms with E-state index in [0.29, 0.717) is 24.4 Å². The average Bonchev–Trinajstić information content (AvgIpc) is 3.09. The standard InChI is InChI=1S/C13H15F3N6O/c1-22-6-18-10(21-22)5-17-12(23)7-2-3-9-8(4-7)11(20-19-9)13(14,15)16/h6-7H,2-5H2,1H3,(H,17,23)(H,19,20). The summed E-state index contributed by atoms with van der Waals surface area (Å²) >= 11 is 0. The van der Waals surface area contributed by atoms with Gasteiger partial charge in [0, 0.05) is 24.2 Å². The minimum absolute atomic E-state index is 0.0299. The number of alkyl halides is 3. The normalized spacial score (nSPS) is 17.8. The van der Waals surface area contributed by atoms with Crippen molar-refractivity contribution < 1.29 is 18.0 Å². The Morgan fingerprint density at radius 1 is 1.52 bits per heavy atom. The lowest BCUT2D eigenvalue weighted by molar-refractivity contribution is -0.142. The zero-order valence-electron chi connectivity index (χ0n) is 12.3. The quantitative estimate of drug-likeness (QED) is 0.879. The molecule has 23 heavy (non-hydrogen) atoms. The Morgan fingerprint density at radius 2 is 2.30 bits per heavy atom. The van der Waals surface area contributed by atoms with Gasteiger partial charge >= 0.3 is 6.18 Å². The van der Waals surface area contributed by atoms with E-state index >= 15 is 0 Å². The van der Waals surface area contributed by atoms with E-state index in [4.69, 9.17) is 0 Å². The number of aryl methyl sites for hydroxylation is 2. The Bertz CT molecular complexity index is 720. The number of hydrogen-bond acceptors (Lipinski definition) is 4. The van der Waals surface area contributed by atoms with Crippen molar-refractivity contribution in [3.8, 4) is 0 Å². The number of amides is 1. The highest BCUT2D eigenvalue weighted by Crippen LogP contribution is 2.36. The van der Waals surface area contributed by atoms with Gasteiger partial charge in [-0.3, -0.25) is 14.6 Å². The van der Waals surface area contributed by atoms with Crippen molar-refractivity contribution in [2.45, 2.75) is 32.0 Å². The van der Waals surface area contributed by atoms with Crippen LogP contribution < -0.4 is 5.32 Å². The molecule has 10 heteroatoms. The third-order valence-corrected chi connectivity index (χ3v) is 3.85. The van der Waals surface area contributed by atoms with E-state index < -0.39 is 17.8 Å². The molecular formula is C13H15F3N6O. The molecule has 0 fully saturated rings. The molecule has 2 aromatic heterocycles. The summed E-state index contributed by atoms with van der Waals surface area (Å²) in [4.78, 5) is 16.2. The van der Waals surface area contributed by atoms with Crippen LogP contribution >= 0.6 is 0 Å². The second kappa shape index (κ2) is 5.67. The number of carbonyl (C=O) groups is 1. The molecule has 0 saturated heterocycles. The maximum atomic E-state index is 12.9. The van der Waals surface area contributed by atoms with Gasteiger partial charge in [0.25, 0.3) is 0 Å². The first kappa shape index (κ1) is 15.5. The summed E-state index contributed by atoms with van der Waals surface area (Å²) in [5.41, 5.74) is -0.357. The van der Waals surface area contributed by atoms with Crippen molar-refractivity contribution in [2.24, 2.45) is 13.0 Å². The SMILES string of the molecule is Cn1cnc(CNC(=O)C2CCc3[nH]nc(C(F)(F)F)c3C2)n1. The minimum Gasteiger partial charge on any atom is -0.348 e. The number of halogens is 3. The van der Waals surface area contributed by atoms with Crippen LogP contribution in [0.4, 0.5) is 13.2 Å². The van der Waals surface area contributed by atoms with Crippen LogP contribution in [0.1, 0.15) is 29.2 Å². The molecule has 0 bridgehead atoms. The lowest BCUT2D eigenvalue weighted by Crippen LogP contribution is -2.34. The predicted molar refractivity (Wildman–Crippen MR) is 72.0 cm³/mol. The summed E-state index contributed by atoms with van der Waals surface area (Å²) < 4.78 is 40.2. The van der Waals surface area contributed by atoms with Crippen LogP contribution in [0.2, 0.25) is 0 Å². The van der Waals surface area contributed by atoms with Crippen LogP contribution in [0.15, 0.2) is 6.33 Å². The molecule has 1 unspecified atom stereocenters. The summed E-state index contributed by atoms with van der Waals surface area (Å²) in [5.74, 6) is -0.348. The minimum atomic E-state index is -4.51.